The molecule has 1 heterocycles. The lowest BCUT2D eigenvalue weighted by Gasteiger charge is -2.08. The largest absolute Gasteiger partial charge is 0.465 e. The summed E-state index contributed by atoms with van der Waals surface area (Å²) < 4.78 is 6.47. The van der Waals surface area contributed by atoms with Gasteiger partial charge in [0.2, 0.25) is 0 Å². The first-order valence-electron chi connectivity index (χ1n) is 4.53. The molecule has 0 aliphatic carbocycles. The number of aryl methyl sites for hydroxylation is 1. The Hall–Kier alpha value is -1.36. The molecular formula is C9H15N3O2. The second-order valence-corrected chi connectivity index (χ2v) is 3.08. The summed E-state index contributed by atoms with van der Waals surface area (Å²) in [5.74, 6) is -0.364. The minimum Gasteiger partial charge on any atom is -0.465 e. The first kappa shape index (κ1) is 10.7. The standard InChI is InChI=1S/C9H15N3O2/c1-3-14-9(13)8(10)4-7-5-11-12(2)6-7/h5-6,8H,3-4,10H2,1-2H3/t8-/m0/s1. The SMILES string of the molecule is CCOC(=O)[C@@H](N)Cc1cnn(C)c1. The molecule has 5 nitrogen and oxygen atoms in total. The van der Waals surface area contributed by atoms with Gasteiger partial charge in [-0.1, -0.05) is 0 Å². The van der Waals surface area contributed by atoms with Crippen LogP contribution in [0, 0.1) is 0 Å². The summed E-state index contributed by atoms with van der Waals surface area (Å²) >= 11 is 0. The molecule has 0 radical (unpaired) electrons. The molecular weight excluding hydrogens is 182 g/mol. The van der Waals surface area contributed by atoms with Gasteiger partial charge < -0.3 is 10.5 Å². The predicted molar refractivity (Wildman–Crippen MR) is 51.5 cm³/mol. The van der Waals surface area contributed by atoms with Crippen LogP contribution in [0.1, 0.15) is 12.5 Å². The maximum absolute atomic E-state index is 11.2. The fourth-order valence-electron chi connectivity index (χ4n) is 1.16. The van der Waals surface area contributed by atoms with Gasteiger partial charge in [-0.3, -0.25) is 9.48 Å². The molecule has 1 atom stereocenters. The summed E-state index contributed by atoms with van der Waals surface area (Å²) in [6.45, 7) is 2.12. The zero-order chi connectivity index (χ0) is 10.6. The molecule has 0 bridgehead atoms. The predicted octanol–water partition coefficient (Wildman–Crippen LogP) is -0.147. The third-order valence-corrected chi connectivity index (χ3v) is 1.80. The average Bonchev–Trinajstić information content (AvgIpc) is 2.51. The van der Waals surface area contributed by atoms with Crippen molar-refractivity contribution in [3.63, 3.8) is 0 Å². The number of nitrogens with zero attached hydrogens (tertiary/aromatic N) is 2. The molecule has 1 aromatic rings. The zero-order valence-corrected chi connectivity index (χ0v) is 8.43. The summed E-state index contributed by atoms with van der Waals surface area (Å²) in [7, 11) is 1.82. The van der Waals surface area contributed by atoms with Gasteiger partial charge in [-0.05, 0) is 12.5 Å². The number of carbonyl (C=O) groups excluding carboxylic acids is 1. The van der Waals surface area contributed by atoms with Crippen molar-refractivity contribution < 1.29 is 9.53 Å². The van der Waals surface area contributed by atoms with Crippen LogP contribution in [0.25, 0.3) is 0 Å². The normalized spacial score (nSPS) is 12.5. The van der Waals surface area contributed by atoms with Crippen LogP contribution in [0.5, 0.6) is 0 Å². The first-order chi connectivity index (χ1) is 6.63. The zero-order valence-electron chi connectivity index (χ0n) is 8.43. The Morgan fingerprint density at radius 3 is 3.00 bits per heavy atom. The number of hydrogen-bond donors (Lipinski definition) is 1. The van der Waals surface area contributed by atoms with Gasteiger partial charge in [0.15, 0.2) is 0 Å². The Morgan fingerprint density at radius 2 is 2.50 bits per heavy atom. The number of ether oxygens (including phenoxy) is 1. The van der Waals surface area contributed by atoms with Crippen LogP contribution in [0.3, 0.4) is 0 Å². The smallest absolute Gasteiger partial charge is 0.323 e. The van der Waals surface area contributed by atoms with Crippen molar-refractivity contribution in [2.24, 2.45) is 12.8 Å². The van der Waals surface area contributed by atoms with E-state index in [1.807, 2.05) is 13.2 Å². The maximum Gasteiger partial charge on any atom is 0.323 e. The Kier molecular flexibility index (Phi) is 3.64. The fraction of sp³-hybridized carbons (Fsp3) is 0.556. The average molecular weight is 197 g/mol. The third kappa shape index (κ3) is 2.85. The molecule has 14 heavy (non-hydrogen) atoms. The van der Waals surface area contributed by atoms with E-state index in [1.165, 1.54) is 0 Å². The van der Waals surface area contributed by atoms with Gasteiger partial charge in [-0.15, -0.1) is 0 Å². The molecule has 0 amide bonds. The Labute approximate surface area is 82.8 Å². The van der Waals surface area contributed by atoms with Gasteiger partial charge in [0.1, 0.15) is 6.04 Å². The quantitative estimate of drug-likeness (QED) is 0.682. The van der Waals surface area contributed by atoms with E-state index in [0.29, 0.717) is 13.0 Å². The number of nitrogens with two attached hydrogens (primary N) is 1. The number of esters is 1. The van der Waals surface area contributed by atoms with E-state index in [-0.39, 0.29) is 5.97 Å². The van der Waals surface area contributed by atoms with Crippen molar-refractivity contribution in [1.29, 1.82) is 0 Å². The molecule has 2 N–H and O–H groups in total. The summed E-state index contributed by atoms with van der Waals surface area (Å²) in [5, 5.41) is 3.98. The fourth-order valence-corrected chi connectivity index (χ4v) is 1.16. The van der Waals surface area contributed by atoms with E-state index in [2.05, 4.69) is 5.10 Å². The maximum atomic E-state index is 11.2. The van der Waals surface area contributed by atoms with E-state index in [9.17, 15) is 4.79 Å². The highest BCUT2D eigenvalue weighted by molar-refractivity contribution is 5.75. The van der Waals surface area contributed by atoms with Crippen LogP contribution in [-0.2, 0) is 23.0 Å². The lowest BCUT2D eigenvalue weighted by atomic mass is 10.1. The number of carbonyl (C=O) groups is 1. The summed E-state index contributed by atoms with van der Waals surface area (Å²) in [6.07, 6.45) is 3.99. The van der Waals surface area contributed by atoms with Crippen LogP contribution < -0.4 is 5.73 Å². The molecule has 0 aliphatic heterocycles. The van der Waals surface area contributed by atoms with Crippen LogP contribution in [0.2, 0.25) is 0 Å². The highest BCUT2D eigenvalue weighted by Gasteiger charge is 2.15. The lowest BCUT2D eigenvalue weighted by molar-refractivity contribution is -0.144. The second-order valence-electron chi connectivity index (χ2n) is 3.08. The molecule has 0 saturated carbocycles. The van der Waals surface area contributed by atoms with Crippen LogP contribution in [-0.4, -0.2) is 28.4 Å². The molecule has 0 spiro atoms. The van der Waals surface area contributed by atoms with Gasteiger partial charge in [0.25, 0.3) is 0 Å². The summed E-state index contributed by atoms with van der Waals surface area (Å²) in [4.78, 5) is 11.2. The monoisotopic (exact) mass is 197 g/mol. The van der Waals surface area contributed by atoms with E-state index < -0.39 is 6.04 Å². The van der Waals surface area contributed by atoms with Gasteiger partial charge in [-0.2, -0.15) is 5.10 Å². The van der Waals surface area contributed by atoms with E-state index in [4.69, 9.17) is 10.5 Å². The molecule has 0 fully saturated rings. The Bertz CT molecular complexity index is 309. The van der Waals surface area contributed by atoms with Crippen LogP contribution >= 0.6 is 0 Å². The van der Waals surface area contributed by atoms with Gasteiger partial charge in [-0.25, -0.2) is 0 Å². The molecule has 0 aromatic carbocycles. The number of hydrogen-bond acceptors (Lipinski definition) is 4. The number of aromatic nitrogens is 2. The molecule has 5 heteroatoms. The van der Waals surface area contributed by atoms with Crippen molar-refractivity contribution in [2.45, 2.75) is 19.4 Å². The topological polar surface area (TPSA) is 70.1 Å². The van der Waals surface area contributed by atoms with E-state index >= 15 is 0 Å². The lowest BCUT2D eigenvalue weighted by Crippen LogP contribution is -2.34. The summed E-state index contributed by atoms with van der Waals surface area (Å²) in [6, 6.07) is -0.598. The van der Waals surface area contributed by atoms with Crippen molar-refractivity contribution in [3.05, 3.63) is 18.0 Å². The highest BCUT2D eigenvalue weighted by Crippen LogP contribution is 2.01. The summed E-state index contributed by atoms with van der Waals surface area (Å²) in [5.41, 5.74) is 6.57. The van der Waals surface area contributed by atoms with Crippen LogP contribution in [0.15, 0.2) is 12.4 Å². The minimum absolute atomic E-state index is 0.361. The molecule has 0 aliphatic rings. The van der Waals surface area contributed by atoms with E-state index in [1.54, 1.807) is 17.8 Å². The Balaban J connectivity index is 2.48. The molecule has 0 saturated heterocycles. The van der Waals surface area contributed by atoms with Gasteiger partial charge >= 0.3 is 5.97 Å². The molecule has 0 unspecified atom stereocenters. The van der Waals surface area contributed by atoms with Crippen molar-refractivity contribution in [3.8, 4) is 0 Å². The molecule has 1 aromatic heterocycles. The second kappa shape index (κ2) is 4.76. The third-order valence-electron chi connectivity index (χ3n) is 1.80. The highest BCUT2D eigenvalue weighted by atomic mass is 16.5. The minimum atomic E-state index is -0.598. The molecule has 78 valence electrons. The number of rotatable bonds is 4. The first-order valence-corrected chi connectivity index (χ1v) is 4.53. The van der Waals surface area contributed by atoms with Crippen molar-refractivity contribution in [1.82, 2.24) is 9.78 Å². The Morgan fingerprint density at radius 1 is 1.79 bits per heavy atom. The van der Waals surface area contributed by atoms with Crippen LogP contribution in [0.4, 0.5) is 0 Å². The van der Waals surface area contributed by atoms with Gasteiger partial charge in [0.05, 0.1) is 12.8 Å². The van der Waals surface area contributed by atoms with Crippen molar-refractivity contribution >= 4 is 5.97 Å². The molecule has 1 rings (SSSR count). The van der Waals surface area contributed by atoms with Crippen molar-refractivity contribution in [2.75, 3.05) is 6.61 Å². The van der Waals surface area contributed by atoms with Gasteiger partial charge in [0, 0.05) is 19.7 Å². The van der Waals surface area contributed by atoms with E-state index in [0.717, 1.165) is 5.56 Å².